The van der Waals surface area contributed by atoms with Gasteiger partial charge >= 0.3 is 5.97 Å². The Morgan fingerprint density at radius 3 is 2.43 bits per heavy atom. The number of hydrazone groups is 1. The number of hydrogen-bond acceptors (Lipinski definition) is 6. The quantitative estimate of drug-likeness (QED) is 0.634. The lowest BCUT2D eigenvalue weighted by molar-refractivity contribution is -0.137. The monoisotopic (exact) mass is 377 g/mol. The second kappa shape index (κ2) is 7.26. The molecule has 4 rings (SSSR count). The van der Waals surface area contributed by atoms with Gasteiger partial charge in [0.2, 0.25) is 5.91 Å². The first-order chi connectivity index (χ1) is 13.6. The maximum atomic E-state index is 12.9. The number of nitrogens with zero attached hydrogens (tertiary/aromatic N) is 2. The summed E-state index contributed by atoms with van der Waals surface area (Å²) in [7, 11) is 0. The number of benzene rings is 2. The Hall–Kier alpha value is -3.48. The van der Waals surface area contributed by atoms with E-state index in [0.29, 0.717) is 5.69 Å². The fourth-order valence-corrected chi connectivity index (χ4v) is 3.39. The fourth-order valence-electron chi connectivity index (χ4n) is 3.39. The molecule has 0 bridgehead atoms. The number of anilines is 1. The van der Waals surface area contributed by atoms with Crippen LogP contribution < -0.4 is 10.3 Å². The van der Waals surface area contributed by atoms with Crippen molar-refractivity contribution in [1.82, 2.24) is 5.43 Å². The van der Waals surface area contributed by atoms with Crippen LogP contribution >= 0.6 is 0 Å². The average molecular weight is 377 g/mol. The minimum absolute atomic E-state index is 0.0630. The Labute approximate surface area is 162 Å². The minimum Gasteiger partial charge on any atom is -0.456 e. The van der Waals surface area contributed by atoms with Crippen LogP contribution in [0.25, 0.3) is 0 Å². The zero-order valence-electron chi connectivity index (χ0n) is 15.3. The minimum atomic E-state index is -0.971. The molecule has 0 saturated carbocycles. The predicted octanol–water partition coefficient (Wildman–Crippen LogP) is 1.81. The zero-order chi connectivity index (χ0) is 19.7. The lowest BCUT2D eigenvalue weighted by Crippen LogP contribution is -2.36. The summed E-state index contributed by atoms with van der Waals surface area (Å²) in [6.07, 6.45) is 0.860. The third-order valence-corrected chi connectivity index (χ3v) is 4.95. The highest BCUT2D eigenvalue weighted by molar-refractivity contribution is 6.46. The van der Waals surface area contributed by atoms with Crippen molar-refractivity contribution in [3.05, 3.63) is 65.7 Å². The standard InChI is InChI=1S/C21H19N3O4/c1-2-13-8-10-15(11-9-13)24-19(25)16-17(20(24)26)22-23-18(16)21(27)28-12-14-6-4-3-5-7-14/h3-11,16-17,22H,2,12H2,1H3/t16-,17-/m1/s1. The first-order valence-electron chi connectivity index (χ1n) is 9.11. The van der Waals surface area contributed by atoms with Gasteiger partial charge in [0.1, 0.15) is 18.6 Å². The van der Waals surface area contributed by atoms with Crippen molar-refractivity contribution in [2.24, 2.45) is 11.0 Å². The normalized spacial score (nSPS) is 20.6. The maximum absolute atomic E-state index is 12.9. The summed E-state index contributed by atoms with van der Waals surface area (Å²) in [4.78, 5) is 39.2. The summed E-state index contributed by atoms with van der Waals surface area (Å²) in [5.74, 6) is -2.57. The van der Waals surface area contributed by atoms with Crippen molar-refractivity contribution >= 4 is 29.2 Å². The van der Waals surface area contributed by atoms with Crippen LogP contribution in [0.15, 0.2) is 59.7 Å². The largest absolute Gasteiger partial charge is 0.456 e. The number of carbonyl (C=O) groups excluding carboxylic acids is 3. The lowest BCUT2D eigenvalue weighted by atomic mass is 9.99. The lowest BCUT2D eigenvalue weighted by Gasteiger charge is -2.16. The molecule has 2 heterocycles. The number of hydrogen-bond donors (Lipinski definition) is 1. The Morgan fingerprint density at radius 2 is 1.75 bits per heavy atom. The van der Waals surface area contributed by atoms with Crippen LogP contribution in [0.5, 0.6) is 0 Å². The van der Waals surface area contributed by atoms with Gasteiger partial charge in [-0.25, -0.2) is 9.69 Å². The Bertz CT molecular complexity index is 953. The van der Waals surface area contributed by atoms with Gasteiger partial charge in [-0.15, -0.1) is 0 Å². The van der Waals surface area contributed by atoms with Crippen molar-refractivity contribution in [2.45, 2.75) is 26.0 Å². The average Bonchev–Trinajstić information content (AvgIpc) is 3.27. The van der Waals surface area contributed by atoms with Crippen LogP contribution in [0.1, 0.15) is 18.1 Å². The summed E-state index contributed by atoms with van der Waals surface area (Å²) in [6, 6.07) is 15.6. The highest BCUT2D eigenvalue weighted by atomic mass is 16.5. The summed E-state index contributed by atoms with van der Waals surface area (Å²) in [5.41, 5.74) is 4.98. The van der Waals surface area contributed by atoms with Crippen LogP contribution in [-0.2, 0) is 32.1 Å². The van der Waals surface area contributed by atoms with E-state index in [-0.39, 0.29) is 12.3 Å². The third kappa shape index (κ3) is 3.05. The van der Waals surface area contributed by atoms with E-state index in [1.54, 1.807) is 12.1 Å². The molecule has 1 fully saturated rings. The first-order valence-corrected chi connectivity index (χ1v) is 9.11. The van der Waals surface area contributed by atoms with Gasteiger partial charge in [0, 0.05) is 0 Å². The molecule has 1 N–H and O–H groups in total. The second-order valence-electron chi connectivity index (χ2n) is 6.68. The van der Waals surface area contributed by atoms with E-state index in [9.17, 15) is 14.4 Å². The molecule has 0 unspecified atom stereocenters. The molecule has 0 aliphatic carbocycles. The van der Waals surface area contributed by atoms with E-state index < -0.39 is 29.7 Å². The number of esters is 1. The van der Waals surface area contributed by atoms with Gasteiger partial charge in [-0.1, -0.05) is 49.4 Å². The van der Waals surface area contributed by atoms with Crippen molar-refractivity contribution < 1.29 is 19.1 Å². The molecule has 2 aromatic rings. The van der Waals surface area contributed by atoms with Crippen molar-refractivity contribution in [2.75, 3.05) is 4.90 Å². The van der Waals surface area contributed by atoms with Gasteiger partial charge in [0.05, 0.1) is 5.69 Å². The number of carbonyl (C=O) groups is 3. The molecule has 0 spiro atoms. The van der Waals surface area contributed by atoms with Crippen molar-refractivity contribution in [1.29, 1.82) is 0 Å². The Morgan fingerprint density at radius 1 is 1.04 bits per heavy atom. The SMILES string of the molecule is CCc1ccc(N2C(=O)[C@H]3C(C(=O)OCc4ccccc4)=NN[C@H]3C2=O)cc1. The number of ether oxygens (including phenoxy) is 1. The summed E-state index contributed by atoms with van der Waals surface area (Å²) >= 11 is 0. The van der Waals surface area contributed by atoms with Gasteiger partial charge in [0.15, 0.2) is 5.71 Å². The molecule has 2 atom stereocenters. The molecule has 7 heteroatoms. The number of rotatable bonds is 5. The molecule has 2 aliphatic rings. The molecule has 142 valence electrons. The van der Waals surface area contributed by atoms with Gasteiger partial charge in [-0.3, -0.25) is 15.0 Å². The molecule has 28 heavy (non-hydrogen) atoms. The molecule has 1 saturated heterocycles. The highest BCUT2D eigenvalue weighted by Gasteiger charge is 2.55. The topological polar surface area (TPSA) is 88.1 Å². The Balaban J connectivity index is 1.50. The number of aryl methyl sites for hydroxylation is 1. The van der Waals surface area contributed by atoms with Crippen LogP contribution in [0.2, 0.25) is 0 Å². The number of fused-ring (bicyclic) bond motifs is 1. The maximum Gasteiger partial charge on any atom is 0.355 e. The molecular formula is C21H19N3O4. The van der Waals surface area contributed by atoms with Crippen LogP contribution in [0, 0.1) is 5.92 Å². The molecule has 2 aromatic carbocycles. The van der Waals surface area contributed by atoms with E-state index in [1.165, 1.54) is 0 Å². The van der Waals surface area contributed by atoms with Crippen LogP contribution in [-0.4, -0.2) is 29.5 Å². The van der Waals surface area contributed by atoms with Crippen molar-refractivity contribution in [3.8, 4) is 0 Å². The van der Waals surface area contributed by atoms with Gasteiger partial charge in [0.25, 0.3) is 5.91 Å². The summed E-state index contributed by atoms with van der Waals surface area (Å²) < 4.78 is 5.28. The van der Waals surface area contributed by atoms with E-state index in [0.717, 1.165) is 22.4 Å². The van der Waals surface area contributed by atoms with E-state index in [2.05, 4.69) is 10.5 Å². The number of imide groups is 1. The predicted molar refractivity (Wildman–Crippen MR) is 102 cm³/mol. The molecule has 2 amide bonds. The summed E-state index contributed by atoms with van der Waals surface area (Å²) in [5, 5.41) is 3.91. The molecular weight excluding hydrogens is 358 g/mol. The van der Waals surface area contributed by atoms with Crippen molar-refractivity contribution in [3.63, 3.8) is 0 Å². The highest BCUT2D eigenvalue weighted by Crippen LogP contribution is 2.31. The van der Waals surface area contributed by atoms with E-state index in [1.807, 2.05) is 49.4 Å². The van der Waals surface area contributed by atoms with Gasteiger partial charge in [-0.05, 0) is 29.7 Å². The molecule has 7 nitrogen and oxygen atoms in total. The van der Waals surface area contributed by atoms with Crippen LogP contribution in [0.4, 0.5) is 5.69 Å². The number of nitrogens with one attached hydrogen (secondary N) is 1. The van der Waals surface area contributed by atoms with Gasteiger partial charge < -0.3 is 4.74 Å². The Kier molecular flexibility index (Phi) is 4.65. The summed E-state index contributed by atoms with van der Waals surface area (Å²) in [6.45, 7) is 2.10. The van der Waals surface area contributed by atoms with E-state index in [4.69, 9.17) is 4.74 Å². The first kappa shape index (κ1) is 17.9. The van der Waals surface area contributed by atoms with Gasteiger partial charge in [-0.2, -0.15) is 5.10 Å². The van der Waals surface area contributed by atoms with E-state index >= 15 is 0 Å². The third-order valence-electron chi connectivity index (χ3n) is 4.95. The molecule has 0 aromatic heterocycles. The second-order valence-corrected chi connectivity index (χ2v) is 6.68. The number of amides is 2. The smallest absolute Gasteiger partial charge is 0.355 e. The fraction of sp³-hybridized carbons (Fsp3) is 0.238. The van der Waals surface area contributed by atoms with Crippen LogP contribution in [0.3, 0.4) is 0 Å². The molecule has 2 aliphatic heterocycles. The zero-order valence-corrected chi connectivity index (χ0v) is 15.3. The molecule has 0 radical (unpaired) electrons.